The first kappa shape index (κ1) is 9.60. The summed E-state index contributed by atoms with van der Waals surface area (Å²) in [6, 6.07) is 0. The van der Waals surface area contributed by atoms with Crippen LogP contribution in [0.4, 0.5) is 13.2 Å². The van der Waals surface area contributed by atoms with Crippen LogP contribution in [0.3, 0.4) is 0 Å². The maximum Gasteiger partial charge on any atom is 0.443 e. The Hall–Kier alpha value is -0.950. The maximum absolute atomic E-state index is 12.2. The molecule has 0 fully saturated rings. The minimum Gasteiger partial charge on any atom is -0.304 e. The number of fused-ring (bicyclic) bond motifs is 1. The molecule has 1 aliphatic heterocycles. The molecule has 0 aliphatic carbocycles. The summed E-state index contributed by atoms with van der Waals surface area (Å²) in [5.74, 6) is -0.320. The van der Waals surface area contributed by atoms with Crippen LogP contribution in [0, 0.1) is 0 Å². The second-order valence-electron chi connectivity index (χ2n) is 2.82. The first-order valence-corrected chi connectivity index (χ1v) is 4.61. The van der Waals surface area contributed by atoms with E-state index in [0.717, 1.165) is 0 Å². The van der Waals surface area contributed by atoms with Gasteiger partial charge in [0.1, 0.15) is 0 Å². The van der Waals surface area contributed by atoms with Gasteiger partial charge in [0, 0.05) is 6.54 Å². The zero-order valence-corrected chi connectivity index (χ0v) is 7.63. The van der Waals surface area contributed by atoms with Crippen LogP contribution in [-0.2, 0) is 12.7 Å². The van der Waals surface area contributed by atoms with Gasteiger partial charge >= 0.3 is 6.18 Å². The SMILES string of the molecule is O=C1CNCc2nc(C(F)(F)F)sc21. The molecule has 2 rings (SSSR count). The third-order valence-corrected chi connectivity index (χ3v) is 2.95. The zero-order valence-electron chi connectivity index (χ0n) is 6.81. The lowest BCUT2D eigenvalue weighted by atomic mass is 10.2. The molecule has 0 amide bonds. The topological polar surface area (TPSA) is 42.0 Å². The number of ketones is 1. The van der Waals surface area contributed by atoms with E-state index in [1.807, 2.05) is 0 Å². The molecule has 0 bridgehead atoms. The molecular weight excluding hydrogens is 217 g/mol. The molecule has 0 atom stereocenters. The number of halogens is 3. The fourth-order valence-corrected chi connectivity index (χ4v) is 2.07. The Bertz CT molecular complexity index is 385. The van der Waals surface area contributed by atoms with Crippen molar-refractivity contribution >= 4 is 17.1 Å². The summed E-state index contributed by atoms with van der Waals surface area (Å²) in [6.07, 6.45) is -4.46. The Kier molecular flexibility index (Phi) is 2.07. The summed E-state index contributed by atoms with van der Waals surface area (Å²) in [5.41, 5.74) is 0.207. The molecule has 0 saturated heterocycles. The minimum absolute atomic E-state index is 0.0898. The van der Waals surface area contributed by atoms with Gasteiger partial charge in [-0.05, 0) is 0 Å². The van der Waals surface area contributed by atoms with Crippen LogP contribution < -0.4 is 5.32 Å². The van der Waals surface area contributed by atoms with E-state index in [4.69, 9.17) is 0 Å². The van der Waals surface area contributed by atoms with Crippen LogP contribution in [0.5, 0.6) is 0 Å². The average Bonchev–Trinajstić information content (AvgIpc) is 2.48. The Morgan fingerprint density at radius 2 is 2.07 bits per heavy atom. The molecule has 3 nitrogen and oxygen atoms in total. The molecule has 7 heteroatoms. The van der Waals surface area contributed by atoms with E-state index in [2.05, 4.69) is 10.3 Å². The van der Waals surface area contributed by atoms with Crippen molar-refractivity contribution in [3.05, 3.63) is 15.6 Å². The summed E-state index contributed by atoms with van der Waals surface area (Å²) in [7, 11) is 0. The van der Waals surface area contributed by atoms with Gasteiger partial charge in [-0.15, -0.1) is 11.3 Å². The van der Waals surface area contributed by atoms with Gasteiger partial charge in [0.25, 0.3) is 0 Å². The number of Topliss-reactive ketones (excluding diaryl/α,β-unsaturated/α-hetero) is 1. The number of carbonyl (C=O) groups excluding carboxylic acids is 1. The lowest BCUT2D eigenvalue weighted by Gasteiger charge is -2.08. The van der Waals surface area contributed by atoms with E-state index in [1.54, 1.807) is 0 Å². The molecule has 14 heavy (non-hydrogen) atoms. The molecule has 0 spiro atoms. The molecule has 2 heterocycles. The molecule has 0 unspecified atom stereocenters. The largest absolute Gasteiger partial charge is 0.443 e. The van der Waals surface area contributed by atoms with Crippen molar-refractivity contribution in [2.24, 2.45) is 0 Å². The Labute approximate surface area is 81.0 Å². The van der Waals surface area contributed by atoms with Crippen LogP contribution in [0.25, 0.3) is 0 Å². The van der Waals surface area contributed by atoms with Crippen molar-refractivity contribution in [2.45, 2.75) is 12.7 Å². The molecular formula is C7H5F3N2OS. The van der Waals surface area contributed by atoms with Crippen LogP contribution >= 0.6 is 11.3 Å². The Morgan fingerprint density at radius 1 is 1.36 bits per heavy atom. The maximum atomic E-state index is 12.2. The lowest BCUT2D eigenvalue weighted by Crippen LogP contribution is -2.28. The van der Waals surface area contributed by atoms with E-state index in [-0.39, 0.29) is 29.4 Å². The average molecular weight is 222 g/mol. The summed E-state index contributed by atoms with van der Waals surface area (Å²) < 4.78 is 36.7. The zero-order chi connectivity index (χ0) is 10.3. The van der Waals surface area contributed by atoms with Gasteiger partial charge in [-0.3, -0.25) is 4.79 Å². The molecule has 1 aromatic heterocycles. The molecule has 0 saturated carbocycles. The monoisotopic (exact) mass is 222 g/mol. The van der Waals surface area contributed by atoms with E-state index < -0.39 is 11.2 Å². The van der Waals surface area contributed by atoms with Crippen LogP contribution in [0.2, 0.25) is 0 Å². The van der Waals surface area contributed by atoms with Gasteiger partial charge < -0.3 is 5.32 Å². The highest BCUT2D eigenvalue weighted by molar-refractivity contribution is 7.14. The first-order chi connectivity index (χ1) is 6.48. The summed E-state index contributed by atoms with van der Waals surface area (Å²) in [6.45, 7) is 0.320. The van der Waals surface area contributed by atoms with Crippen molar-refractivity contribution in [1.29, 1.82) is 0 Å². The van der Waals surface area contributed by atoms with E-state index >= 15 is 0 Å². The molecule has 1 N–H and O–H groups in total. The first-order valence-electron chi connectivity index (χ1n) is 3.79. The number of nitrogens with zero attached hydrogens (tertiary/aromatic N) is 1. The summed E-state index contributed by atoms with van der Waals surface area (Å²) in [4.78, 5) is 14.7. The normalized spacial score (nSPS) is 16.9. The molecule has 0 radical (unpaired) electrons. The highest BCUT2D eigenvalue weighted by Crippen LogP contribution is 2.34. The number of hydrogen-bond acceptors (Lipinski definition) is 4. The van der Waals surface area contributed by atoms with Gasteiger partial charge in [-0.1, -0.05) is 0 Å². The molecule has 1 aromatic rings. The number of hydrogen-bond donors (Lipinski definition) is 1. The van der Waals surface area contributed by atoms with Crippen molar-refractivity contribution in [3.63, 3.8) is 0 Å². The van der Waals surface area contributed by atoms with Crippen LogP contribution in [0.1, 0.15) is 20.4 Å². The van der Waals surface area contributed by atoms with Crippen molar-refractivity contribution < 1.29 is 18.0 Å². The van der Waals surface area contributed by atoms with Crippen LogP contribution in [0.15, 0.2) is 0 Å². The van der Waals surface area contributed by atoms with Crippen molar-refractivity contribution in [3.8, 4) is 0 Å². The number of rotatable bonds is 0. The van der Waals surface area contributed by atoms with Gasteiger partial charge in [0.2, 0.25) is 0 Å². The third-order valence-electron chi connectivity index (χ3n) is 1.77. The number of nitrogens with one attached hydrogen (secondary N) is 1. The van der Waals surface area contributed by atoms with Crippen molar-refractivity contribution in [2.75, 3.05) is 6.54 Å². The predicted octanol–water partition coefficient (Wildman–Crippen LogP) is 1.45. The molecule has 1 aliphatic rings. The number of thiazole rings is 1. The van der Waals surface area contributed by atoms with Crippen LogP contribution in [-0.4, -0.2) is 17.3 Å². The van der Waals surface area contributed by atoms with Gasteiger partial charge in [0.05, 0.1) is 17.1 Å². The second-order valence-corrected chi connectivity index (χ2v) is 3.82. The van der Waals surface area contributed by atoms with Gasteiger partial charge in [-0.2, -0.15) is 13.2 Å². The van der Waals surface area contributed by atoms with Crippen molar-refractivity contribution in [1.82, 2.24) is 10.3 Å². The number of carbonyl (C=O) groups is 1. The Morgan fingerprint density at radius 3 is 2.64 bits per heavy atom. The van der Waals surface area contributed by atoms with E-state index in [1.165, 1.54) is 0 Å². The quantitative estimate of drug-likeness (QED) is 0.722. The number of alkyl halides is 3. The van der Waals surface area contributed by atoms with E-state index in [0.29, 0.717) is 11.3 Å². The predicted molar refractivity (Wildman–Crippen MR) is 43.2 cm³/mol. The minimum atomic E-state index is -4.46. The van der Waals surface area contributed by atoms with Gasteiger partial charge in [-0.25, -0.2) is 4.98 Å². The second kappa shape index (κ2) is 3.03. The fourth-order valence-electron chi connectivity index (χ4n) is 1.19. The summed E-state index contributed by atoms with van der Waals surface area (Å²) in [5, 5.41) is 1.74. The summed E-state index contributed by atoms with van der Waals surface area (Å²) >= 11 is 0.425. The molecule has 76 valence electrons. The standard InChI is InChI=1S/C7H5F3N2OS/c8-7(9,10)6-12-3-1-11-2-4(13)5(3)14-6/h11H,1-2H2. The van der Waals surface area contributed by atoms with E-state index in [9.17, 15) is 18.0 Å². The highest BCUT2D eigenvalue weighted by Gasteiger charge is 2.37. The number of aromatic nitrogens is 1. The fraction of sp³-hybridized carbons (Fsp3) is 0.429. The highest BCUT2D eigenvalue weighted by atomic mass is 32.1. The lowest BCUT2D eigenvalue weighted by molar-refractivity contribution is -0.137. The smallest absolute Gasteiger partial charge is 0.304 e. The Balaban J connectivity index is 2.45. The third kappa shape index (κ3) is 1.53. The van der Waals surface area contributed by atoms with Gasteiger partial charge in [0.15, 0.2) is 10.8 Å². The molecule has 0 aromatic carbocycles.